The summed E-state index contributed by atoms with van der Waals surface area (Å²) < 4.78 is 0. The van der Waals surface area contributed by atoms with Crippen LogP contribution in [0.2, 0.25) is 0 Å². The Labute approximate surface area is 127 Å². The molecule has 0 amide bonds. The molecule has 2 aromatic rings. The summed E-state index contributed by atoms with van der Waals surface area (Å²) in [6.07, 6.45) is 1.44. The fourth-order valence-electron chi connectivity index (χ4n) is 2.52. The summed E-state index contributed by atoms with van der Waals surface area (Å²) in [6, 6.07) is 18.6. The summed E-state index contributed by atoms with van der Waals surface area (Å²) in [5.41, 5.74) is 3.60. The normalized spacial score (nSPS) is 13.9. The monoisotopic (exact) mass is 283 g/mol. The predicted molar refractivity (Wildman–Crippen MR) is 88.4 cm³/mol. The topological polar surface area (TPSA) is 32.3 Å². The number of rotatable bonds is 7. The van der Waals surface area contributed by atoms with E-state index >= 15 is 0 Å². The number of hydrogen-bond donors (Lipinski definition) is 2. The van der Waals surface area contributed by atoms with Crippen LogP contribution in [-0.2, 0) is 6.42 Å². The van der Waals surface area contributed by atoms with Gasteiger partial charge in [0.25, 0.3) is 0 Å². The largest absolute Gasteiger partial charge is 0.387 e. The molecule has 2 atom stereocenters. The Kier molecular flexibility index (Phi) is 5.97. The molecule has 0 heterocycles. The molecule has 0 saturated carbocycles. The summed E-state index contributed by atoms with van der Waals surface area (Å²) in [5, 5.41) is 13.9. The zero-order valence-electron chi connectivity index (χ0n) is 12.9. The lowest BCUT2D eigenvalue weighted by atomic mass is 10.00. The van der Waals surface area contributed by atoms with Crippen LogP contribution in [0, 0.1) is 6.92 Å². The zero-order chi connectivity index (χ0) is 15.1. The molecule has 112 valence electrons. The smallest absolute Gasteiger partial charge is 0.0942 e. The molecular weight excluding hydrogens is 258 g/mol. The van der Waals surface area contributed by atoms with Crippen LogP contribution in [0.1, 0.15) is 36.1 Å². The lowest BCUT2D eigenvalue weighted by Gasteiger charge is -2.23. The summed E-state index contributed by atoms with van der Waals surface area (Å²) in [4.78, 5) is 0. The standard InChI is InChI=1S/C19H25NO/c1-3-18(19(21)17-7-5-4-6-8-17)20-14-13-16-11-9-15(2)10-12-16/h4-12,18-21H,3,13-14H2,1-2H3/t18-,19-/m1/s1. The van der Waals surface area contributed by atoms with Gasteiger partial charge < -0.3 is 10.4 Å². The SMILES string of the molecule is CC[C@@H](NCCc1ccc(C)cc1)[C@H](O)c1ccccc1. The summed E-state index contributed by atoms with van der Waals surface area (Å²) in [6.45, 7) is 5.09. The van der Waals surface area contributed by atoms with Gasteiger partial charge in [0.05, 0.1) is 6.10 Å². The van der Waals surface area contributed by atoms with Gasteiger partial charge in [0.15, 0.2) is 0 Å². The van der Waals surface area contributed by atoms with Gasteiger partial charge in [-0.3, -0.25) is 0 Å². The van der Waals surface area contributed by atoms with Crippen LogP contribution in [0.15, 0.2) is 54.6 Å². The maximum Gasteiger partial charge on any atom is 0.0942 e. The van der Waals surface area contributed by atoms with E-state index in [1.807, 2.05) is 30.3 Å². The third-order valence-electron chi connectivity index (χ3n) is 3.90. The molecule has 0 radical (unpaired) electrons. The third kappa shape index (κ3) is 4.69. The van der Waals surface area contributed by atoms with E-state index in [4.69, 9.17) is 0 Å². The number of aliphatic hydroxyl groups is 1. The van der Waals surface area contributed by atoms with Crippen LogP contribution in [0.3, 0.4) is 0 Å². The van der Waals surface area contributed by atoms with Crippen molar-refractivity contribution in [3.8, 4) is 0 Å². The Morgan fingerprint density at radius 3 is 2.29 bits per heavy atom. The van der Waals surface area contributed by atoms with Crippen molar-refractivity contribution < 1.29 is 5.11 Å². The number of nitrogens with one attached hydrogen (secondary N) is 1. The van der Waals surface area contributed by atoms with E-state index in [0.717, 1.165) is 24.9 Å². The van der Waals surface area contributed by atoms with Gasteiger partial charge in [0.1, 0.15) is 0 Å². The summed E-state index contributed by atoms with van der Waals surface area (Å²) >= 11 is 0. The van der Waals surface area contributed by atoms with Gasteiger partial charge in [0.2, 0.25) is 0 Å². The first-order valence-corrected chi connectivity index (χ1v) is 7.72. The number of benzene rings is 2. The van der Waals surface area contributed by atoms with E-state index in [0.29, 0.717) is 0 Å². The van der Waals surface area contributed by atoms with Gasteiger partial charge in [0, 0.05) is 6.04 Å². The molecular formula is C19H25NO. The van der Waals surface area contributed by atoms with Crippen LogP contribution in [0.4, 0.5) is 0 Å². The van der Waals surface area contributed by atoms with Crippen molar-refractivity contribution in [1.82, 2.24) is 5.32 Å². The van der Waals surface area contributed by atoms with Gasteiger partial charge in [-0.15, -0.1) is 0 Å². The first-order valence-electron chi connectivity index (χ1n) is 7.72. The Morgan fingerprint density at radius 2 is 1.67 bits per heavy atom. The average molecular weight is 283 g/mol. The molecule has 21 heavy (non-hydrogen) atoms. The molecule has 0 fully saturated rings. The molecule has 2 heteroatoms. The molecule has 2 rings (SSSR count). The van der Waals surface area contributed by atoms with Crippen LogP contribution in [0.25, 0.3) is 0 Å². The van der Waals surface area contributed by atoms with Crippen molar-refractivity contribution in [1.29, 1.82) is 0 Å². The molecule has 2 nitrogen and oxygen atoms in total. The third-order valence-corrected chi connectivity index (χ3v) is 3.90. The summed E-state index contributed by atoms with van der Waals surface area (Å²) in [7, 11) is 0. The van der Waals surface area contributed by atoms with E-state index in [1.54, 1.807) is 0 Å². The second-order valence-corrected chi connectivity index (χ2v) is 5.56. The predicted octanol–water partition coefficient (Wildman–Crippen LogP) is 3.64. The van der Waals surface area contributed by atoms with Crippen LogP contribution in [-0.4, -0.2) is 17.7 Å². The number of aryl methyl sites for hydroxylation is 1. The minimum absolute atomic E-state index is 0.0952. The Morgan fingerprint density at radius 1 is 1.00 bits per heavy atom. The van der Waals surface area contributed by atoms with Gasteiger partial charge >= 0.3 is 0 Å². The molecule has 2 N–H and O–H groups in total. The Balaban J connectivity index is 1.86. The molecule has 0 aliphatic heterocycles. The highest BCUT2D eigenvalue weighted by Crippen LogP contribution is 2.18. The average Bonchev–Trinajstić information content (AvgIpc) is 2.53. The first-order chi connectivity index (χ1) is 10.2. The van der Waals surface area contributed by atoms with Crippen molar-refractivity contribution in [2.24, 2.45) is 0 Å². The Bertz CT molecular complexity index is 521. The van der Waals surface area contributed by atoms with E-state index in [2.05, 4.69) is 43.4 Å². The minimum atomic E-state index is -0.450. The molecule has 0 saturated heterocycles. The summed E-state index contributed by atoms with van der Waals surface area (Å²) in [5.74, 6) is 0. The lowest BCUT2D eigenvalue weighted by molar-refractivity contribution is 0.126. The molecule has 0 aliphatic rings. The van der Waals surface area contributed by atoms with E-state index in [9.17, 15) is 5.11 Å². The van der Waals surface area contributed by atoms with Gasteiger partial charge in [-0.25, -0.2) is 0 Å². The molecule has 0 aliphatic carbocycles. The van der Waals surface area contributed by atoms with E-state index in [1.165, 1.54) is 11.1 Å². The zero-order valence-corrected chi connectivity index (χ0v) is 12.9. The fourth-order valence-corrected chi connectivity index (χ4v) is 2.52. The second kappa shape index (κ2) is 7.96. The van der Waals surface area contributed by atoms with Crippen LogP contribution < -0.4 is 5.32 Å². The highest BCUT2D eigenvalue weighted by Gasteiger charge is 2.18. The number of aliphatic hydroxyl groups excluding tert-OH is 1. The maximum atomic E-state index is 10.5. The van der Waals surface area contributed by atoms with Crippen molar-refractivity contribution in [3.05, 3.63) is 71.3 Å². The van der Waals surface area contributed by atoms with Crippen LogP contribution in [0.5, 0.6) is 0 Å². The van der Waals surface area contributed by atoms with Gasteiger partial charge in [-0.05, 0) is 37.4 Å². The van der Waals surface area contributed by atoms with Crippen molar-refractivity contribution in [3.63, 3.8) is 0 Å². The van der Waals surface area contributed by atoms with Gasteiger partial charge in [-0.1, -0.05) is 67.1 Å². The molecule has 0 unspecified atom stereocenters. The highest BCUT2D eigenvalue weighted by atomic mass is 16.3. The van der Waals surface area contributed by atoms with Gasteiger partial charge in [-0.2, -0.15) is 0 Å². The molecule has 0 spiro atoms. The molecule has 2 aromatic carbocycles. The van der Waals surface area contributed by atoms with E-state index < -0.39 is 6.10 Å². The Hall–Kier alpha value is -1.64. The van der Waals surface area contributed by atoms with Crippen LogP contribution >= 0.6 is 0 Å². The molecule has 0 aromatic heterocycles. The second-order valence-electron chi connectivity index (χ2n) is 5.56. The van der Waals surface area contributed by atoms with E-state index in [-0.39, 0.29) is 6.04 Å². The van der Waals surface area contributed by atoms with Crippen molar-refractivity contribution in [2.75, 3.05) is 6.54 Å². The quantitative estimate of drug-likeness (QED) is 0.813. The highest BCUT2D eigenvalue weighted by molar-refractivity contribution is 5.22. The van der Waals surface area contributed by atoms with Crippen molar-refractivity contribution in [2.45, 2.75) is 38.8 Å². The maximum absolute atomic E-state index is 10.5. The number of hydrogen-bond acceptors (Lipinski definition) is 2. The first kappa shape index (κ1) is 15.7. The minimum Gasteiger partial charge on any atom is -0.387 e. The van der Waals surface area contributed by atoms with Crippen molar-refractivity contribution >= 4 is 0 Å². The molecule has 0 bridgehead atoms. The lowest BCUT2D eigenvalue weighted by Crippen LogP contribution is -2.35. The fraction of sp³-hybridized carbons (Fsp3) is 0.368.